The Morgan fingerprint density at radius 3 is 2.79 bits per heavy atom. The quantitative estimate of drug-likeness (QED) is 0.482. The lowest BCUT2D eigenvalue weighted by molar-refractivity contribution is 0.605. The first-order valence-corrected chi connectivity index (χ1v) is 6.71. The molecule has 0 aliphatic heterocycles. The third kappa shape index (κ3) is 2.52. The van der Waals surface area contributed by atoms with Crippen LogP contribution in [-0.2, 0) is 0 Å². The fourth-order valence-corrected chi connectivity index (χ4v) is 3.63. The lowest BCUT2D eigenvalue weighted by Crippen LogP contribution is -2.02. The van der Waals surface area contributed by atoms with Gasteiger partial charge in [-0.2, -0.15) is 0 Å². The predicted molar refractivity (Wildman–Crippen MR) is 64.5 cm³/mol. The first kappa shape index (κ1) is 10.5. The van der Waals surface area contributed by atoms with E-state index in [9.17, 15) is 0 Å². The summed E-state index contributed by atoms with van der Waals surface area (Å²) >= 11 is 8.22. The monoisotopic (exact) mass is 228 g/mol. The fraction of sp³-hybridized carbons (Fsp3) is 0.667. The van der Waals surface area contributed by atoms with E-state index in [0.717, 1.165) is 5.92 Å². The van der Waals surface area contributed by atoms with Crippen LogP contribution in [0.3, 0.4) is 0 Å². The van der Waals surface area contributed by atoms with Gasteiger partial charge in [-0.05, 0) is 44.2 Å². The average Bonchev–Trinajstić information content (AvgIpc) is 2.45. The smallest absolute Gasteiger partial charge is 0.0342 e. The molecule has 0 aromatic carbocycles. The van der Waals surface area contributed by atoms with E-state index in [-0.39, 0.29) is 0 Å². The minimum atomic E-state index is 0.407. The summed E-state index contributed by atoms with van der Waals surface area (Å²) in [5.74, 6) is 0.735. The Morgan fingerprint density at radius 1 is 1.29 bits per heavy atom. The average molecular weight is 229 g/mol. The predicted octanol–water partition coefficient (Wildman–Crippen LogP) is 4.71. The molecular weight excluding hydrogens is 212 g/mol. The topological polar surface area (TPSA) is 0 Å². The highest BCUT2D eigenvalue weighted by atomic mass is 35.5. The standard InChI is InChI=1S/C12H17ClS/c1-9-6-7-12(14-9)10-4-2-3-5-11(13)8-10/h6-7,10-11H,2-5,8H2,1H3. The van der Waals surface area contributed by atoms with Crippen LogP contribution in [-0.4, -0.2) is 5.38 Å². The number of thiophene rings is 1. The minimum Gasteiger partial charge on any atom is -0.145 e. The molecule has 1 saturated carbocycles. The van der Waals surface area contributed by atoms with Gasteiger partial charge in [-0.25, -0.2) is 0 Å². The number of rotatable bonds is 1. The van der Waals surface area contributed by atoms with E-state index in [1.165, 1.54) is 37.0 Å². The maximum absolute atomic E-state index is 6.28. The third-order valence-electron chi connectivity index (χ3n) is 3.02. The van der Waals surface area contributed by atoms with Crippen molar-refractivity contribution in [1.82, 2.24) is 0 Å². The number of aryl methyl sites for hydroxylation is 1. The molecule has 2 heteroatoms. The van der Waals surface area contributed by atoms with Crippen molar-refractivity contribution < 1.29 is 0 Å². The number of alkyl halides is 1. The lowest BCUT2D eigenvalue weighted by atomic mass is 9.98. The van der Waals surface area contributed by atoms with Crippen LogP contribution in [0.15, 0.2) is 12.1 Å². The highest BCUT2D eigenvalue weighted by Gasteiger charge is 2.20. The number of halogens is 1. The molecule has 0 saturated heterocycles. The molecule has 14 heavy (non-hydrogen) atoms. The van der Waals surface area contributed by atoms with Gasteiger partial charge in [0.05, 0.1) is 0 Å². The Labute approximate surface area is 95.3 Å². The van der Waals surface area contributed by atoms with Crippen LogP contribution in [0.5, 0.6) is 0 Å². The molecule has 2 unspecified atom stereocenters. The zero-order chi connectivity index (χ0) is 9.97. The molecule has 0 radical (unpaired) electrons. The van der Waals surface area contributed by atoms with Gasteiger partial charge in [-0.3, -0.25) is 0 Å². The second kappa shape index (κ2) is 4.67. The van der Waals surface area contributed by atoms with Crippen LogP contribution in [0, 0.1) is 6.92 Å². The Bertz CT molecular complexity index is 292. The summed E-state index contributed by atoms with van der Waals surface area (Å²) in [6, 6.07) is 4.52. The Hall–Kier alpha value is -0.0100. The van der Waals surface area contributed by atoms with Gasteiger partial charge >= 0.3 is 0 Å². The van der Waals surface area contributed by atoms with E-state index >= 15 is 0 Å². The van der Waals surface area contributed by atoms with Crippen LogP contribution in [0.1, 0.15) is 47.8 Å². The zero-order valence-electron chi connectivity index (χ0n) is 8.63. The summed E-state index contributed by atoms with van der Waals surface area (Å²) in [7, 11) is 0. The van der Waals surface area contributed by atoms with E-state index in [2.05, 4.69) is 19.1 Å². The molecule has 1 aliphatic carbocycles. The SMILES string of the molecule is Cc1ccc(C2CCCCC(Cl)C2)s1. The summed E-state index contributed by atoms with van der Waals surface area (Å²) in [6.07, 6.45) is 6.40. The van der Waals surface area contributed by atoms with Crippen molar-refractivity contribution in [2.45, 2.75) is 50.3 Å². The van der Waals surface area contributed by atoms with Crippen molar-refractivity contribution in [1.29, 1.82) is 0 Å². The first-order chi connectivity index (χ1) is 6.75. The molecule has 1 aromatic rings. The minimum absolute atomic E-state index is 0.407. The molecule has 1 fully saturated rings. The van der Waals surface area contributed by atoms with Gasteiger partial charge in [0, 0.05) is 15.1 Å². The molecule has 0 spiro atoms. The second-order valence-corrected chi connectivity index (χ2v) is 6.20. The van der Waals surface area contributed by atoms with E-state index in [1.54, 1.807) is 4.88 Å². The summed E-state index contributed by atoms with van der Waals surface area (Å²) < 4.78 is 0. The zero-order valence-corrected chi connectivity index (χ0v) is 10.2. The van der Waals surface area contributed by atoms with Crippen LogP contribution >= 0.6 is 22.9 Å². The van der Waals surface area contributed by atoms with Crippen molar-refractivity contribution in [3.8, 4) is 0 Å². The summed E-state index contributed by atoms with van der Waals surface area (Å²) in [4.78, 5) is 2.98. The summed E-state index contributed by atoms with van der Waals surface area (Å²) in [5, 5.41) is 0.407. The summed E-state index contributed by atoms with van der Waals surface area (Å²) in [5.41, 5.74) is 0. The second-order valence-electron chi connectivity index (χ2n) is 4.26. The molecule has 0 nitrogen and oxygen atoms in total. The van der Waals surface area contributed by atoms with Crippen LogP contribution < -0.4 is 0 Å². The summed E-state index contributed by atoms with van der Waals surface area (Å²) in [6.45, 7) is 2.18. The maximum Gasteiger partial charge on any atom is 0.0342 e. The molecule has 0 amide bonds. The van der Waals surface area contributed by atoms with Crippen molar-refractivity contribution in [2.24, 2.45) is 0 Å². The van der Waals surface area contributed by atoms with Crippen molar-refractivity contribution in [3.05, 3.63) is 21.9 Å². The van der Waals surface area contributed by atoms with E-state index in [1.807, 2.05) is 11.3 Å². The molecule has 2 rings (SSSR count). The number of hydrogen-bond donors (Lipinski definition) is 0. The van der Waals surface area contributed by atoms with Gasteiger partial charge in [0.15, 0.2) is 0 Å². The van der Waals surface area contributed by atoms with Crippen LogP contribution in [0.4, 0.5) is 0 Å². The normalized spacial score (nSPS) is 28.7. The molecular formula is C12H17ClS. The highest BCUT2D eigenvalue weighted by Crippen LogP contribution is 2.36. The molecule has 1 heterocycles. The van der Waals surface area contributed by atoms with E-state index < -0.39 is 0 Å². The molecule has 0 bridgehead atoms. The molecule has 78 valence electrons. The van der Waals surface area contributed by atoms with Gasteiger partial charge in [0.1, 0.15) is 0 Å². The van der Waals surface area contributed by atoms with Gasteiger partial charge in [-0.1, -0.05) is 12.8 Å². The van der Waals surface area contributed by atoms with Crippen molar-refractivity contribution >= 4 is 22.9 Å². The maximum atomic E-state index is 6.28. The Kier molecular flexibility index (Phi) is 3.51. The van der Waals surface area contributed by atoms with Gasteiger partial charge in [0.25, 0.3) is 0 Å². The highest BCUT2D eigenvalue weighted by molar-refractivity contribution is 7.12. The van der Waals surface area contributed by atoms with Crippen molar-refractivity contribution in [3.63, 3.8) is 0 Å². The van der Waals surface area contributed by atoms with Crippen LogP contribution in [0.25, 0.3) is 0 Å². The molecule has 1 aliphatic rings. The molecule has 0 N–H and O–H groups in total. The fourth-order valence-electron chi connectivity index (χ4n) is 2.23. The molecule has 2 atom stereocenters. The number of hydrogen-bond acceptors (Lipinski definition) is 1. The largest absolute Gasteiger partial charge is 0.145 e. The Morgan fingerprint density at radius 2 is 2.07 bits per heavy atom. The van der Waals surface area contributed by atoms with Crippen molar-refractivity contribution in [2.75, 3.05) is 0 Å². The van der Waals surface area contributed by atoms with E-state index in [4.69, 9.17) is 11.6 Å². The van der Waals surface area contributed by atoms with Gasteiger partial charge < -0.3 is 0 Å². The first-order valence-electron chi connectivity index (χ1n) is 5.46. The Balaban J connectivity index is 2.08. The van der Waals surface area contributed by atoms with Gasteiger partial charge in [0.2, 0.25) is 0 Å². The lowest BCUT2D eigenvalue weighted by Gasteiger charge is -2.13. The van der Waals surface area contributed by atoms with E-state index in [0.29, 0.717) is 5.38 Å². The third-order valence-corrected chi connectivity index (χ3v) is 4.58. The van der Waals surface area contributed by atoms with Crippen LogP contribution in [0.2, 0.25) is 0 Å². The van der Waals surface area contributed by atoms with Gasteiger partial charge in [-0.15, -0.1) is 22.9 Å². The molecule has 1 aromatic heterocycles.